The maximum Gasteiger partial charge on any atom is 0.325 e. The van der Waals surface area contributed by atoms with Gasteiger partial charge in [-0.25, -0.2) is 0 Å². The molecule has 0 bridgehead atoms. The predicted molar refractivity (Wildman–Crippen MR) is 69.2 cm³/mol. The number of anilines is 1. The number of nitrogens with two attached hydrogens (primary N) is 1. The molecule has 1 fully saturated rings. The first-order valence-corrected chi connectivity index (χ1v) is 5.83. The average Bonchev–Trinajstić information content (AvgIpc) is 2.82. The summed E-state index contributed by atoms with van der Waals surface area (Å²) < 4.78 is 0. The largest absolute Gasteiger partial charge is 0.480 e. The van der Waals surface area contributed by atoms with Crippen molar-refractivity contribution >= 4 is 17.3 Å². The Labute approximate surface area is 114 Å². The summed E-state index contributed by atoms with van der Waals surface area (Å²) in [6, 6.07) is 5.88. The molecule has 0 aromatic heterocycles. The zero-order chi connectivity index (χ0) is 14.9. The molecule has 1 unspecified atom stereocenters. The molecule has 1 aromatic carbocycles. The molecule has 0 spiro atoms. The van der Waals surface area contributed by atoms with E-state index in [1.807, 2.05) is 6.07 Å². The van der Waals surface area contributed by atoms with E-state index in [9.17, 15) is 14.9 Å². The van der Waals surface area contributed by atoms with Crippen LogP contribution in [0.5, 0.6) is 0 Å². The molecule has 3 N–H and O–H groups in total. The highest BCUT2D eigenvalue weighted by Gasteiger charge is 2.42. The van der Waals surface area contributed by atoms with E-state index < -0.39 is 16.4 Å². The quantitative estimate of drug-likeness (QED) is 0.604. The van der Waals surface area contributed by atoms with Crippen molar-refractivity contribution < 1.29 is 14.8 Å². The van der Waals surface area contributed by atoms with Crippen molar-refractivity contribution in [3.05, 3.63) is 33.9 Å². The smallest absolute Gasteiger partial charge is 0.325 e. The lowest BCUT2D eigenvalue weighted by Gasteiger charge is -2.21. The molecule has 2 rings (SSSR count). The lowest BCUT2D eigenvalue weighted by Crippen LogP contribution is -2.50. The van der Waals surface area contributed by atoms with Crippen LogP contribution in [-0.2, 0) is 4.79 Å². The predicted octanol–water partition coefficient (Wildman–Crippen LogP) is 0.459. The third-order valence-electron chi connectivity index (χ3n) is 3.37. The van der Waals surface area contributed by atoms with Crippen LogP contribution in [0.25, 0.3) is 0 Å². The molecule has 0 amide bonds. The highest BCUT2D eigenvalue weighted by atomic mass is 16.6. The number of nitro benzene ring substituents is 1. The van der Waals surface area contributed by atoms with E-state index in [1.165, 1.54) is 23.1 Å². The molecule has 8 heteroatoms. The van der Waals surface area contributed by atoms with Gasteiger partial charge in [0.25, 0.3) is 5.69 Å². The molecule has 1 aliphatic heterocycles. The fourth-order valence-corrected chi connectivity index (χ4v) is 2.21. The van der Waals surface area contributed by atoms with Crippen LogP contribution in [0.4, 0.5) is 11.4 Å². The van der Waals surface area contributed by atoms with Gasteiger partial charge in [0.1, 0.15) is 11.2 Å². The van der Waals surface area contributed by atoms with Gasteiger partial charge in [-0.3, -0.25) is 14.9 Å². The molecule has 0 radical (unpaired) electrons. The Balaban J connectivity index is 2.41. The van der Waals surface area contributed by atoms with E-state index in [4.69, 9.17) is 16.1 Å². The monoisotopic (exact) mass is 276 g/mol. The summed E-state index contributed by atoms with van der Waals surface area (Å²) >= 11 is 0. The standard InChI is InChI=1S/C12H12N4O4/c13-6-8-1-2-9(16(19)20)10(5-8)15-4-3-12(14,7-15)11(17)18/h1-2,5H,3-4,7,14H2,(H,17,18). The summed E-state index contributed by atoms with van der Waals surface area (Å²) in [5.41, 5.74) is 4.66. The Morgan fingerprint density at radius 3 is 2.80 bits per heavy atom. The Kier molecular flexibility index (Phi) is 3.29. The summed E-state index contributed by atoms with van der Waals surface area (Å²) in [6.07, 6.45) is 0.191. The van der Waals surface area contributed by atoms with E-state index >= 15 is 0 Å². The molecule has 1 aliphatic rings. The van der Waals surface area contributed by atoms with Gasteiger partial charge in [-0.1, -0.05) is 0 Å². The minimum Gasteiger partial charge on any atom is -0.480 e. The zero-order valence-electron chi connectivity index (χ0n) is 10.4. The molecule has 1 aromatic rings. The van der Waals surface area contributed by atoms with E-state index in [0.29, 0.717) is 6.54 Å². The Hall–Kier alpha value is -2.66. The van der Waals surface area contributed by atoms with Crippen LogP contribution in [-0.4, -0.2) is 34.6 Å². The van der Waals surface area contributed by atoms with Gasteiger partial charge < -0.3 is 15.7 Å². The van der Waals surface area contributed by atoms with Crippen LogP contribution in [0.3, 0.4) is 0 Å². The molecule has 1 saturated heterocycles. The summed E-state index contributed by atoms with van der Waals surface area (Å²) in [4.78, 5) is 23.1. The topological polar surface area (TPSA) is 133 Å². The van der Waals surface area contributed by atoms with Crippen molar-refractivity contribution in [1.29, 1.82) is 5.26 Å². The first-order valence-electron chi connectivity index (χ1n) is 5.83. The molecule has 104 valence electrons. The Bertz CT molecular complexity index is 624. The fraction of sp³-hybridized carbons (Fsp3) is 0.333. The van der Waals surface area contributed by atoms with E-state index in [1.54, 1.807) is 0 Å². The third kappa shape index (κ3) is 2.26. The average molecular weight is 276 g/mol. The Morgan fingerprint density at radius 2 is 2.30 bits per heavy atom. The summed E-state index contributed by atoms with van der Waals surface area (Å²) in [7, 11) is 0. The maximum atomic E-state index is 11.1. The number of nitriles is 1. The normalized spacial score (nSPS) is 21.5. The molecular weight excluding hydrogens is 264 g/mol. The second-order valence-corrected chi connectivity index (χ2v) is 4.71. The van der Waals surface area contributed by atoms with Gasteiger partial charge in [0.2, 0.25) is 0 Å². The number of carbonyl (C=O) groups is 1. The van der Waals surface area contributed by atoms with E-state index in [-0.39, 0.29) is 29.9 Å². The Morgan fingerprint density at radius 1 is 1.60 bits per heavy atom. The molecule has 1 heterocycles. The molecular formula is C12H12N4O4. The van der Waals surface area contributed by atoms with E-state index in [0.717, 1.165) is 0 Å². The number of aliphatic carboxylic acids is 1. The first-order chi connectivity index (χ1) is 9.37. The zero-order valence-corrected chi connectivity index (χ0v) is 10.4. The van der Waals surface area contributed by atoms with Crippen LogP contribution in [0.1, 0.15) is 12.0 Å². The lowest BCUT2D eigenvalue weighted by atomic mass is 10.0. The van der Waals surface area contributed by atoms with Crippen molar-refractivity contribution in [2.45, 2.75) is 12.0 Å². The number of benzene rings is 1. The number of carboxylic acid groups (broad SMARTS) is 1. The number of rotatable bonds is 3. The summed E-state index contributed by atoms with van der Waals surface area (Å²) in [6.45, 7) is 0.260. The van der Waals surface area contributed by atoms with Crippen LogP contribution in [0, 0.1) is 21.4 Å². The van der Waals surface area contributed by atoms with Gasteiger partial charge in [0.15, 0.2) is 0 Å². The van der Waals surface area contributed by atoms with Crippen LogP contribution >= 0.6 is 0 Å². The molecule has 20 heavy (non-hydrogen) atoms. The van der Waals surface area contributed by atoms with Crippen molar-refractivity contribution in [1.82, 2.24) is 0 Å². The highest BCUT2D eigenvalue weighted by molar-refractivity contribution is 5.81. The number of carboxylic acids is 1. The van der Waals surface area contributed by atoms with Gasteiger partial charge >= 0.3 is 5.97 Å². The number of nitro groups is 1. The van der Waals surface area contributed by atoms with Crippen LogP contribution in [0.15, 0.2) is 18.2 Å². The van der Waals surface area contributed by atoms with Gasteiger partial charge in [0, 0.05) is 19.2 Å². The molecule has 0 saturated carbocycles. The second kappa shape index (κ2) is 4.79. The van der Waals surface area contributed by atoms with E-state index in [2.05, 4.69) is 0 Å². The van der Waals surface area contributed by atoms with Gasteiger partial charge in [-0.05, 0) is 18.6 Å². The highest BCUT2D eigenvalue weighted by Crippen LogP contribution is 2.33. The third-order valence-corrected chi connectivity index (χ3v) is 3.37. The number of hydrogen-bond acceptors (Lipinski definition) is 6. The van der Waals surface area contributed by atoms with Gasteiger partial charge in [-0.15, -0.1) is 0 Å². The first kappa shape index (κ1) is 13.8. The van der Waals surface area contributed by atoms with Crippen LogP contribution in [0.2, 0.25) is 0 Å². The number of nitrogens with zero attached hydrogens (tertiary/aromatic N) is 3. The fourth-order valence-electron chi connectivity index (χ4n) is 2.21. The summed E-state index contributed by atoms with van der Waals surface area (Å²) in [5.74, 6) is -1.14. The van der Waals surface area contributed by atoms with Gasteiger partial charge in [0.05, 0.1) is 16.6 Å². The van der Waals surface area contributed by atoms with Gasteiger partial charge in [-0.2, -0.15) is 5.26 Å². The molecule has 8 nitrogen and oxygen atoms in total. The molecule has 0 aliphatic carbocycles. The summed E-state index contributed by atoms with van der Waals surface area (Å²) in [5, 5.41) is 29.0. The minimum atomic E-state index is -1.42. The molecule has 1 atom stereocenters. The SMILES string of the molecule is N#Cc1ccc([N+](=O)[O-])c(N2CCC(N)(C(=O)O)C2)c1. The van der Waals surface area contributed by atoms with Crippen molar-refractivity contribution in [2.24, 2.45) is 5.73 Å². The lowest BCUT2D eigenvalue weighted by molar-refractivity contribution is -0.384. The maximum absolute atomic E-state index is 11.1. The van der Waals surface area contributed by atoms with Crippen molar-refractivity contribution in [2.75, 3.05) is 18.0 Å². The van der Waals surface area contributed by atoms with Crippen LogP contribution < -0.4 is 10.6 Å². The van der Waals surface area contributed by atoms with Crippen molar-refractivity contribution in [3.8, 4) is 6.07 Å². The minimum absolute atomic E-state index is 0.0297. The number of hydrogen-bond donors (Lipinski definition) is 2. The van der Waals surface area contributed by atoms with Crippen molar-refractivity contribution in [3.63, 3.8) is 0 Å². The second-order valence-electron chi connectivity index (χ2n) is 4.71.